The molecular weight excluding hydrogens is 415 g/mol. The van der Waals surface area contributed by atoms with Gasteiger partial charge in [0.2, 0.25) is 0 Å². The molecule has 3 aromatic rings. The lowest BCUT2D eigenvalue weighted by Gasteiger charge is -2.05. The fraction of sp³-hybridized carbons (Fsp3) is 0.0526. The second-order valence-corrected chi connectivity index (χ2v) is 6.32. The van der Waals surface area contributed by atoms with Crippen LogP contribution in [-0.2, 0) is 0 Å². The largest absolute Gasteiger partial charge is 0.496 e. The molecule has 0 saturated heterocycles. The number of hydrazone groups is 1. The van der Waals surface area contributed by atoms with Crippen LogP contribution in [0.25, 0.3) is 10.8 Å². The van der Waals surface area contributed by atoms with E-state index in [1.165, 1.54) is 5.39 Å². The smallest absolute Gasteiger partial charge is 0.271 e. The highest BCUT2D eigenvalue weighted by Crippen LogP contribution is 2.21. The van der Waals surface area contributed by atoms with Gasteiger partial charge in [0.25, 0.3) is 5.91 Å². The Bertz CT molecular complexity index is 922. The van der Waals surface area contributed by atoms with Gasteiger partial charge in [-0.3, -0.25) is 4.79 Å². The summed E-state index contributed by atoms with van der Waals surface area (Å²) in [6.07, 6.45) is 1.64. The van der Waals surface area contributed by atoms with Crippen molar-refractivity contribution in [3.8, 4) is 5.75 Å². The highest BCUT2D eigenvalue weighted by Gasteiger charge is 2.07. The van der Waals surface area contributed by atoms with Crippen LogP contribution in [0.4, 0.5) is 0 Å². The number of hydrogen-bond donors (Lipinski definition) is 1. The van der Waals surface area contributed by atoms with E-state index >= 15 is 0 Å². The Balaban J connectivity index is 1.70. The second-order valence-electron chi connectivity index (χ2n) is 5.16. The standard InChI is InChI=1S/C19H15IN2O2/c1-24-18-9-8-16(11-17(18)20)19(23)22-21-12-13-6-7-14-4-2-3-5-15(14)10-13/h2-12H,1H3,(H,22,23). The number of rotatable bonds is 4. The van der Waals surface area contributed by atoms with Gasteiger partial charge in [-0.2, -0.15) is 5.10 Å². The van der Waals surface area contributed by atoms with E-state index < -0.39 is 0 Å². The molecule has 1 N–H and O–H groups in total. The Morgan fingerprint density at radius 3 is 2.62 bits per heavy atom. The summed E-state index contributed by atoms with van der Waals surface area (Å²) < 4.78 is 6.06. The molecule has 0 atom stereocenters. The number of halogens is 1. The molecule has 0 bridgehead atoms. The van der Waals surface area contributed by atoms with Gasteiger partial charge in [-0.15, -0.1) is 0 Å². The maximum absolute atomic E-state index is 12.1. The van der Waals surface area contributed by atoms with Crippen LogP contribution >= 0.6 is 22.6 Å². The molecule has 0 unspecified atom stereocenters. The molecule has 0 aliphatic heterocycles. The Morgan fingerprint density at radius 1 is 1.08 bits per heavy atom. The van der Waals surface area contributed by atoms with Crippen molar-refractivity contribution in [1.82, 2.24) is 5.43 Å². The van der Waals surface area contributed by atoms with Crippen LogP contribution in [0, 0.1) is 3.57 Å². The monoisotopic (exact) mass is 430 g/mol. The zero-order chi connectivity index (χ0) is 16.9. The molecule has 4 nitrogen and oxygen atoms in total. The van der Waals surface area contributed by atoms with Crippen molar-refractivity contribution >= 4 is 45.5 Å². The quantitative estimate of drug-likeness (QED) is 0.383. The van der Waals surface area contributed by atoms with E-state index in [0.29, 0.717) is 5.56 Å². The zero-order valence-electron chi connectivity index (χ0n) is 13.0. The van der Waals surface area contributed by atoms with E-state index in [4.69, 9.17) is 4.74 Å². The minimum absolute atomic E-state index is 0.257. The molecule has 120 valence electrons. The molecule has 0 spiro atoms. The number of ether oxygens (including phenoxy) is 1. The third-order valence-corrected chi connectivity index (χ3v) is 4.41. The third kappa shape index (κ3) is 3.73. The van der Waals surface area contributed by atoms with Crippen molar-refractivity contribution in [1.29, 1.82) is 0 Å². The van der Waals surface area contributed by atoms with E-state index in [9.17, 15) is 4.79 Å². The highest BCUT2D eigenvalue weighted by atomic mass is 127. The summed E-state index contributed by atoms with van der Waals surface area (Å²) in [6, 6.07) is 19.4. The van der Waals surface area contributed by atoms with Gasteiger partial charge in [-0.1, -0.05) is 36.4 Å². The first kappa shape index (κ1) is 16.4. The van der Waals surface area contributed by atoms with Crippen LogP contribution in [0.1, 0.15) is 15.9 Å². The summed E-state index contributed by atoms with van der Waals surface area (Å²) >= 11 is 2.13. The predicted molar refractivity (Wildman–Crippen MR) is 105 cm³/mol. The Kier molecular flexibility index (Phi) is 5.10. The van der Waals surface area contributed by atoms with Crippen molar-refractivity contribution in [2.75, 3.05) is 7.11 Å². The molecule has 24 heavy (non-hydrogen) atoms. The first-order valence-electron chi connectivity index (χ1n) is 7.33. The number of carbonyl (C=O) groups excluding carboxylic acids is 1. The number of methoxy groups -OCH3 is 1. The summed E-state index contributed by atoms with van der Waals surface area (Å²) in [7, 11) is 1.60. The van der Waals surface area contributed by atoms with Crippen molar-refractivity contribution < 1.29 is 9.53 Å². The van der Waals surface area contributed by atoms with Gasteiger partial charge < -0.3 is 4.74 Å². The number of benzene rings is 3. The van der Waals surface area contributed by atoms with Crippen LogP contribution in [0.2, 0.25) is 0 Å². The third-order valence-electron chi connectivity index (χ3n) is 3.57. The summed E-state index contributed by atoms with van der Waals surface area (Å²) in [4.78, 5) is 12.1. The summed E-state index contributed by atoms with van der Waals surface area (Å²) in [5.74, 6) is 0.486. The lowest BCUT2D eigenvalue weighted by molar-refractivity contribution is 0.0955. The molecule has 0 saturated carbocycles. The Hall–Kier alpha value is -2.41. The molecule has 0 fully saturated rings. The normalized spacial score (nSPS) is 10.9. The van der Waals surface area contributed by atoms with Gasteiger partial charge in [-0.25, -0.2) is 5.43 Å². The van der Waals surface area contributed by atoms with Gasteiger partial charge in [0.15, 0.2) is 0 Å². The van der Waals surface area contributed by atoms with Gasteiger partial charge in [0, 0.05) is 5.56 Å². The SMILES string of the molecule is COc1ccc(C(=O)NN=Cc2ccc3ccccc3c2)cc1I. The van der Waals surface area contributed by atoms with Crippen molar-refractivity contribution in [3.63, 3.8) is 0 Å². The van der Waals surface area contributed by atoms with Crippen LogP contribution in [0.3, 0.4) is 0 Å². The van der Waals surface area contributed by atoms with E-state index in [2.05, 4.69) is 39.2 Å². The fourth-order valence-corrected chi connectivity index (χ4v) is 3.06. The first-order chi connectivity index (χ1) is 11.7. The number of carbonyl (C=O) groups is 1. The minimum Gasteiger partial charge on any atom is -0.496 e. The lowest BCUT2D eigenvalue weighted by atomic mass is 10.1. The number of fused-ring (bicyclic) bond motifs is 1. The average Bonchev–Trinajstić information content (AvgIpc) is 2.61. The molecular formula is C19H15IN2O2. The molecule has 5 heteroatoms. The predicted octanol–water partition coefficient (Wildman–Crippen LogP) is 4.22. The molecule has 3 rings (SSSR count). The lowest BCUT2D eigenvalue weighted by Crippen LogP contribution is -2.17. The summed E-state index contributed by atoms with van der Waals surface area (Å²) in [5.41, 5.74) is 4.01. The molecule has 0 radical (unpaired) electrons. The maximum Gasteiger partial charge on any atom is 0.271 e. The van der Waals surface area contributed by atoms with E-state index in [1.807, 2.05) is 36.4 Å². The molecule has 3 aromatic carbocycles. The Labute approximate surface area is 153 Å². The zero-order valence-corrected chi connectivity index (χ0v) is 15.2. The summed E-state index contributed by atoms with van der Waals surface area (Å²) in [5, 5.41) is 6.35. The van der Waals surface area contributed by atoms with Gasteiger partial charge >= 0.3 is 0 Å². The Morgan fingerprint density at radius 2 is 1.88 bits per heavy atom. The number of nitrogens with zero attached hydrogens (tertiary/aromatic N) is 1. The minimum atomic E-state index is -0.257. The van der Waals surface area contributed by atoms with Crippen LogP contribution in [0.5, 0.6) is 5.75 Å². The van der Waals surface area contributed by atoms with E-state index in [1.54, 1.807) is 31.5 Å². The van der Waals surface area contributed by atoms with Crippen LogP contribution < -0.4 is 10.2 Å². The van der Waals surface area contributed by atoms with E-state index in [0.717, 1.165) is 20.3 Å². The molecule has 0 heterocycles. The highest BCUT2D eigenvalue weighted by molar-refractivity contribution is 14.1. The van der Waals surface area contributed by atoms with E-state index in [-0.39, 0.29) is 5.91 Å². The van der Waals surface area contributed by atoms with Gasteiger partial charge in [0.1, 0.15) is 5.75 Å². The molecule has 0 aromatic heterocycles. The summed E-state index contributed by atoms with van der Waals surface area (Å²) in [6.45, 7) is 0. The van der Waals surface area contributed by atoms with Gasteiger partial charge in [-0.05, 0) is 63.2 Å². The van der Waals surface area contributed by atoms with Crippen molar-refractivity contribution in [2.45, 2.75) is 0 Å². The first-order valence-corrected chi connectivity index (χ1v) is 8.41. The second kappa shape index (κ2) is 7.44. The number of amides is 1. The average molecular weight is 430 g/mol. The van der Waals surface area contributed by atoms with Crippen molar-refractivity contribution in [2.24, 2.45) is 5.10 Å². The number of hydrogen-bond acceptors (Lipinski definition) is 3. The van der Waals surface area contributed by atoms with Crippen LogP contribution in [0.15, 0.2) is 65.8 Å². The van der Waals surface area contributed by atoms with Crippen molar-refractivity contribution in [3.05, 3.63) is 75.4 Å². The van der Waals surface area contributed by atoms with Gasteiger partial charge in [0.05, 0.1) is 16.9 Å². The number of nitrogens with one attached hydrogen (secondary N) is 1. The maximum atomic E-state index is 12.1. The molecule has 0 aliphatic carbocycles. The fourth-order valence-electron chi connectivity index (χ4n) is 2.33. The molecule has 1 amide bonds. The topological polar surface area (TPSA) is 50.7 Å². The molecule has 0 aliphatic rings. The van der Waals surface area contributed by atoms with Crippen LogP contribution in [-0.4, -0.2) is 19.2 Å².